The number of carbonyl (C=O) groups excluding carboxylic acids is 2. The Morgan fingerprint density at radius 2 is 1.78 bits per heavy atom. The van der Waals surface area contributed by atoms with Crippen LogP contribution in [0.2, 0.25) is 0 Å². The molecule has 0 saturated carbocycles. The van der Waals surface area contributed by atoms with Gasteiger partial charge in [-0.05, 0) is 55.3 Å². The zero-order valence-corrected chi connectivity index (χ0v) is 21.9. The minimum Gasteiger partial charge on any atom is -0.493 e. The normalized spacial score (nSPS) is 15.1. The van der Waals surface area contributed by atoms with Crippen molar-refractivity contribution in [2.24, 2.45) is 4.99 Å². The third-order valence-corrected chi connectivity index (χ3v) is 6.66. The van der Waals surface area contributed by atoms with Gasteiger partial charge in [-0.15, -0.1) is 0 Å². The topological polar surface area (TPSA) is 105 Å². The van der Waals surface area contributed by atoms with Crippen LogP contribution in [0.25, 0.3) is 6.08 Å². The Hall–Kier alpha value is -4.18. The van der Waals surface area contributed by atoms with E-state index < -0.39 is 18.0 Å². The summed E-state index contributed by atoms with van der Waals surface area (Å²) in [6.45, 7) is 4.93. The van der Waals surface area contributed by atoms with Gasteiger partial charge in [-0.1, -0.05) is 29.5 Å². The monoisotopic (exact) mass is 522 g/mol. The van der Waals surface area contributed by atoms with Crippen molar-refractivity contribution in [3.05, 3.63) is 84.5 Å². The van der Waals surface area contributed by atoms with Gasteiger partial charge in [-0.2, -0.15) is 0 Å². The SMILES string of the molecule is CCOC(=O)C1=C(C)N=c2s/c(=C\c3ccc(OC)c(OC)c3)c(=O)n2C1c1ccc(OC(C)=O)cc1. The van der Waals surface area contributed by atoms with Gasteiger partial charge in [-0.3, -0.25) is 14.2 Å². The van der Waals surface area contributed by atoms with Gasteiger partial charge in [0.2, 0.25) is 0 Å². The Bertz CT molecular complexity index is 1570. The van der Waals surface area contributed by atoms with Crippen molar-refractivity contribution in [3.63, 3.8) is 0 Å². The quantitative estimate of drug-likeness (QED) is 0.347. The molecule has 2 heterocycles. The van der Waals surface area contributed by atoms with Crippen molar-refractivity contribution in [2.75, 3.05) is 20.8 Å². The lowest BCUT2D eigenvalue weighted by molar-refractivity contribution is -0.139. The molecule has 2 aromatic carbocycles. The minimum atomic E-state index is -0.769. The fraction of sp³-hybridized carbons (Fsp3) is 0.259. The first-order chi connectivity index (χ1) is 17.8. The van der Waals surface area contributed by atoms with Gasteiger partial charge in [0.15, 0.2) is 16.3 Å². The zero-order chi connectivity index (χ0) is 26.7. The summed E-state index contributed by atoms with van der Waals surface area (Å²) in [5.74, 6) is 0.476. The molecule has 37 heavy (non-hydrogen) atoms. The standard InChI is InChI=1S/C27H26N2O7S/c1-6-35-26(32)23-15(2)28-27-29(24(23)18-8-10-19(11-9-18)36-16(3)30)25(31)22(37-27)14-17-7-12-20(33-4)21(13-17)34-5/h7-14,24H,6H2,1-5H3/b22-14-. The molecule has 0 fully saturated rings. The molecule has 1 aliphatic rings. The number of hydrogen-bond acceptors (Lipinski definition) is 9. The van der Waals surface area contributed by atoms with Crippen LogP contribution in [0.1, 0.15) is 37.9 Å². The Kier molecular flexibility index (Phi) is 7.58. The van der Waals surface area contributed by atoms with Crippen LogP contribution in [0.5, 0.6) is 17.2 Å². The lowest BCUT2D eigenvalue weighted by atomic mass is 9.96. The van der Waals surface area contributed by atoms with Gasteiger partial charge in [0, 0.05) is 6.92 Å². The van der Waals surface area contributed by atoms with Crippen LogP contribution in [0.3, 0.4) is 0 Å². The number of methoxy groups -OCH3 is 2. The predicted molar refractivity (Wildman–Crippen MR) is 138 cm³/mol. The van der Waals surface area contributed by atoms with E-state index >= 15 is 0 Å². The summed E-state index contributed by atoms with van der Waals surface area (Å²) in [4.78, 5) is 43.1. The number of esters is 2. The molecule has 192 valence electrons. The van der Waals surface area contributed by atoms with Gasteiger partial charge >= 0.3 is 11.9 Å². The fourth-order valence-corrected chi connectivity index (χ4v) is 5.13. The minimum absolute atomic E-state index is 0.178. The first-order valence-corrected chi connectivity index (χ1v) is 12.3. The maximum absolute atomic E-state index is 13.7. The number of rotatable bonds is 7. The highest BCUT2D eigenvalue weighted by Crippen LogP contribution is 2.32. The summed E-state index contributed by atoms with van der Waals surface area (Å²) in [6.07, 6.45) is 1.75. The molecule has 9 nitrogen and oxygen atoms in total. The highest BCUT2D eigenvalue weighted by atomic mass is 32.1. The molecule has 0 saturated heterocycles. The van der Waals surface area contributed by atoms with Crippen LogP contribution in [0.4, 0.5) is 0 Å². The zero-order valence-electron chi connectivity index (χ0n) is 21.1. The molecule has 1 unspecified atom stereocenters. The molecule has 3 aromatic rings. The largest absolute Gasteiger partial charge is 0.493 e. The molecule has 0 radical (unpaired) electrons. The van der Waals surface area contributed by atoms with Crippen LogP contribution in [0, 0.1) is 0 Å². The van der Waals surface area contributed by atoms with Crippen molar-refractivity contribution >= 4 is 29.4 Å². The number of fused-ring (bicyclic) bond motifs is 1. The number of carbonyl (C=O) groups is 2. The average molecular weight is 523 g/mol. The Morgan fingerprint density at radius 1 is 1.08 bits per heavy atom. The second-order valence-electron chi connectivity index (χ2n) is 8.08. The van der Waals surface area contributed by atoms with Crippen molar-refractivity contribution < 1.29 is 28.5 Å². The van der Waals surface area contributed by atoms with Crippen molar-refractivity contribution in [1.82, 2.24) is 4.57 Å². The molecule has 10 heteroatoms. The van der Waals surface area contributed by atoms with E-state index in [9.17, 15) is 14.4 Å². The van der Waals surface area contributed by atoms with Gasteiger partial charge in [0.25, 0.3) is 5.56 Å². The molecule has 4 rings (SSSR count). The number of benzene rings is 2. The first kappa shape index (κ1) is 25.9. The number of hydrogen-bond donors (Lipinski definition) is 0. The Morgan fingerprint density at radius 3 is 2.41 bits per heavy atom. The van der Waals surface area contributed by atoms with E-state index in [2.05, 4.69) is 4.99 Å². The van der Waals surface area contributed by atoms with Crippen molar-refractivity contribution in [3.8, 4) is 17.2 Å². The molecule has 0 N–H and O–H groups in total. The summed E-state index contributed by atoms with van der Waals surface area (Å²) < 4.78 is 23.1. The van der Waals surface area contributed by atoms with Crippen LogP contribution in [-0.4, -0.2) is 37.3 Å². The third kappa shape index (κ3) is 5.19. The molecule has 0 spiro atoms. The Balaban J connectivity index is 1.89. The average Bonchev–Trinajstić information content (AvgIpc) is 3.17. The van der Waals surface area contributed by atoms with E-state index in [0.29, 0.717) is 37.8 Å². The maximum Gasteiger partial charge on any atom is 0.338 e. The van der Waals surface area contributed by atoms with Gasteiger partial charge < -0.3 is 18.9 Å². The summed E-state index contributed by atoms with van der Waals surface area (Å²) in [5.41, 5.74) is 1.82. The summed E-state index contributed by atoms with van der Waals surface area (Å²) in [7, 11) is 3.10. The van der Waals surface area contributed by atoms with Crippen LogP contribution in [-0.2, 0) is 14.3 Å². The van der Waals surface area contributed by atoms with Gasteiger partial charge in [0.05, 0.1) is 42.7 Å². The molecular formula is C27H26N2O7S. The van der Waals surface area contributed by atoms with E-state index in [4.69, 9.17) is 18.9 Å². The van der Waals surface area contributed by atoms with Crippen molar-refractivity contribution in [2.45, 2.75) is 26.8 Å². The van der Waals surface area contributed by atoms with Crippen LogP contribution < -0.4 is 29.1 Å². The highest BCUT2D eigenvalue weighted by Gasteiger charge is 2.33. The number of thiazole rings is 1. The number of ether oxygens (including phenoxy) is 4. The van der Waals surface area contributed by atoms with Crippen LogP contribution >= 0.6 is 11.3 Å². The van der Waals surface area contributed by atoms with E-state index in [-0.39, 0.29) is 17.7 Å². The van der Waals surface area contributed by atoms with Crippen LogP contribution in [0.15, 0.2) is 63.5 Å². The summed E-state index contributed by atoms with van der Waals surface area (Å²) >= 11 is 1.22. The summed E-state index contributed by atoms with van der Waals surface area (Å²) in [5, 5.41) is 0. The molecule has 0 aliphatic carbocycles. The number of allylic oxidation sites excluding steroid dienone is 1. The maximum atomic E-state index is 13.7. The smallest absolute Gasteiger partial charge is 0.338 e. The molecule has 1 aliphatic heterocycles. The van der Waals surface area contributed by atoms with Crippen molar-refractivity contribution in [1.29, 1.82) is 0 Å². The van der Waals surface area contributed by atoms with E-state index in [1.807, 2.05) is 6.07 Å². The second kappa shape index (κ2) is 10.8. The van der Waals surface area contributed by atoms with E-state index in [0.717, 1.165) is 5.56 Å². The lowest BCUT2D eigenvalue weighted by Gasteiger charge is -2.24. The lowest BCUT2D eigenvalue weighted by Crippen LogP contribution is -2.39. The molecule has 0 bridgehead atoms. The van der Waals surface area contributed by atoms with E-state index in [1.54, 1.807) is 70.5 Å². The van der Waals surface area contributed by atoms with Gasteiger partial charge in [-0.25, -0.2) is 9.79 Å². The van der Waals surface area contributed by atoms with E-state index in [1.165, 1.54) is 22.8 Å². The fourth-order valence-electron chi connectivity index (χ4n) is 4.09. The molecular weight excluding hydrogens is 496 g/mol. The molecule has 0 amide bonds. The predicted octanol–water partition coefficient (Wildman–Crippen LogP) is 2.74. The number of aromatic nitrogens is 1. The highest BCUT2D eigenvalue weighted by molar-refractivity contribution is 7.07. The summed E-state index contributed by atoms with van der Waals surface area (Å²) in [6, 6.07) is 11.3. The third-order valence-electron chi connectivity index (χ3n) is 5.68. The second-order valence-corrected chi connectivity index (χ2v) is 9.09. The first-order valence-electron chi connectivity index (χ1n) is 11.5. The van der Waals surface area contributed by atoms with Gasteiger partial charge in [0.1, 0.15) is 5.75 Å². The molecule has 1 atom stereocenters. The Labute approximate surface area is 216 Å². The molecule has 1 aromatic heterocycles. The number of nitrogens with zero attached hydrogens (tertiary/aromatic N) is 2.